The molecule has 8 nitrogen and oxygen atoms in total. The lowest BCUT2D eigenvalue weighted by molar-refractivity contribution is -0.385. The second kappa shape index (κ2) is 9.81. The van der Waals surface area contributed by atoms with Gasteiger partial charge in [0, 0.05) is 49.2 Å². The van der Waals surface area contributed by atoms with Gasteiger partial charge in [0.15, 0.2) is 0 Å². The Hall–Kier alpha value is -4.20. The molecule has 8 heteroatoms. The lowest BCUT2D eigenvalue weighted by Crippen LogP contribution is -2.35. The molecule has 0 radical (unpaired) electrons. The Morgan fingerprint density at radius 2 is 1.69 bits per heavy atom. The molecule has 1 fully saturated rings. The van der Waals surface area contributed by atoms with Crippen LogP contribution in [-0.2, 0) is 0 Å². The van der Waals surface area contributed by atoms with Crippen LogP contribution >= 0.6 is 0 Å². The fourth-order valence-electron chi connectivity index (χ4n) is 5.08. The van der Waals surface area contributed by atoms with Crippen LogP contribution in [0.4, 0.5) is 11.5 Å². The molecule has 0 spiro atoms. The third-order valence-electron chi connectivity index (χ3n) is 6.74. The number of aromatic nitrogens is 2. The summed E-state index contributed by atoms with van der Waals surface area (Å²) in [6.45, 7) is 6.82. The monoisotopic (exact) mass is 483 g/mol. The lowest BCUT2D eigenvalue weighted by atomic mass is 10.0. The van der Waals surface area contributed by atoms with E-state index in [1.165, 1.54) is 12.3 Å². The Morgan fingerprint density at radius 3 is 2.39 bits per heavy atom. The maximum Gasteiger partial charge on any atom is 0.287 e. The van der Waals surface area contributed by atoms with E-state index in [4.69, 9.17) is 0 Å². The summed E-state index contributed by atoms with van der Waals surface area (Å²) in [7, 11) is 0. The molecule has 0 bridgehead atoms. The molecular weight excluding hydrogens is 454 g/mol. The first-order valence-electron chi connectivity index (χ1n) is 12.3. The number of carbonyl (C=O) groups excluding carboxylic acids is 1. The highest BCUT2D eigenvalue weighted by Crippen LogP contribution is 2.37. The number of nitrogens with zero attached hydrogens (tertiary/aromatic N) is 5. The van der Waals surface area contributed by atoms with Crippen LogP contribution in [0.5, 0.6) is 0 Å². The van der Waals surface area contributed by atoms with E-state index in [2.05, 4.69) is 46.5 Å². The van der Waals surface area contributed by atoms with Crippen LogP contribution in [0.15, 0.2) is 72.9 Å². The predicted octanol–water partition coefficient (Wildman–Crippen LogP) is 5.54. The minimum atomic E-state index is -0.447. The Kier molecular flexibility index (Phi) is 6.41. The maximum atomic E-state index is 14.2. The van der Waals surface area contributed by atoms with Crippen molar-refractivity contribution in [2.24, 2.45) is 0 Å². The zero-order valence-corrected chi connectivity index (χ0v) is 20.5. The molecule has 1 saturated heterocycles. The minimum absolute atomic E-state index is 0.0274. The maximum absolute atomic E-state index is 14.2. The molecule has 0 atom stereocenters. The van der Waals surface area contributed by atoms with Crippen LogP contribution in [-0.4, -0.2) is 51.5 Å². The molecule has 0 N–H and O–H groups in total. The number of nitro groups is 1. The molecule has 36 heavy (non-hydrogen) atoms. The van der Waals surface area contributed by atoms with Crippen LogP contribution in [0.2, 0.25) is 0 Å². The largest absolute Gasteiger partial charge is 0.355 e. The third-order valence-corrected chi connectivity index (χ3v) is 6.74. The highest BCUT2D eigenvalue weighted by molar-refractivity contribution is 6.13. The molecule has 4 aromatic rings. The minimum Gasteiger partial charge on any atom is -0.355 e. The number of pyridine rings is 1. The van der Waals surface area contributed by atoms with Crippen molar-refractivity contribution < 1.29 is 9.72 Å². The molecular formula is C28H29N5O3. The predicted molar refractivity (Wildman–Crippen MR) is 141 cm³/mol. The van der Waals surface area contributed by atoms with Crippen molar-refractivity contribution in [3.05, 3.63) is 88.6 Å². The van der Waals surface area contributed by atoms with Gasteiger partial charge in [-0.3, -0.25) is 14.9 Å². The molecule has 5 rings (SSSR count). The highest BCUT2D eigenvalue weighted by atomic mass is 16.6. The van der Waals surface area contributed by atoms with Gasteiger partial charge >= 0.3 is 0 Å². The lowest BCUT2D eigenvalue weighted by Gasteiger charge is -2.23. The Morgan fingerprint density at radius 1 is 0.944 bits per heavy atom. The van der Waals surface area contributed by atoms with Gasteiger partial charge in [-0.05, 0) is 38.0 Å². The number of benzene rings is 2. The fraction of sp³-hybridized carbons (Fsp3) is 0.286. The van der Waals surface area contributed by atoms with Crippen molar-refractivity contribution in [3.8, 4) is 11.3 Å². The van der Waals surface area contributed by atoms with E-state index in [1.807, 2.05) is 41.3 Å². The molecule has 1 aliphatic heterocycles. The summed E-state index contributed by atoms with van der Waals surface area (Å²) in [6.07, 6.45) is 2.07. The van der Waals surface area contributed by atoms with E-state index < -0.39 is 4.92 Å². The molecule has 1 aliphatic rings. The average molecular weight is 484 g/mol. The number of fused-ring (bicyclic) bond motifs is 1. The van der Waals surface area contributed by atoms with Gasteiger partial charge in [-0.15, -0.1) is 0 Å². The van der Waals surface area contributed by atoms with E-state index in [0.29, 0.717) is 25.5 Å². The summed E-state index contributed by atoms with van der Waals surface area (Å²) < 4.78 is 2.27. The quantitative estimate of drug-likeness (QED) is 0.275. The highest BCUT2D eigenvalue weighted by Gasteiger charge is 2.29. The van der Waals surface area contributed by atoms with Gasteiger partial charge in [0.25, 0.3) is 11.6 Å². The van der Waals surface area contributed by atoms with Gasteiger partial charge < -0.3 is 14.4 Å². The molecule has 2 aromatic carbocycles. The molecule has 0 aliphatic carbocycles. The third kappa shape index (κ3) is 4.30. The van der Waals surface area contributed by atoms with Gasteiger partial charge in [-0.2, -0.15) is 0 Å². The average Bonchev–Trinajstić information content (AvgIpc) is 3.05. The van der Waals surface area contributed by atoms with Crippen LogP contribution < -0.4 is 4.90 Å². The first-order valence-corrected chi connectivity index (χ1v) is 12.3. The summed E-state index contributed by atoms with van der Waals surface area (Å²) in [4.78, 5) is 33.0. The smallest absolute Gasteiger partial charge is 0.287 e. The molecule has 2 aromatic heterocycles. The van der Waals surface area contributed by atoms with Crippen LogP contribution in [0.1, 0.15) is 36.7 Å². The zero-order chi connectivity index (χ0) is 25.2. The van der Waals surface area contributed by atoms with Crippen LogP contribution in [0, 0.1) is 10.1 Å². The molecule has 184 valence electrons. The van der Waals surface area contributed by atoms with E-state index >= 15 is 0 Å². The Balaban J connectivity index is 1.49. The van der Waals surface area contributed by atoms with Crippen molar-refractivity contribution in [1.29, 1.82) is 0 Å². The number of hydrogen-bond acceptors (Lipinski definition) is 5. The normalized spacial score (nSPS) is 14.3. The summed E-state index contributed by atoms with van der Waals surface area (Å²) in [5.41, 5.74) is 3.75. The Labute approximate surface area is 209 Å². The number of amides is 1. The topological polar surface area (TPSA) is 84.5 Å². The molecule has 0 unspecified atom stereocenters. The van der Waals surface area contributed by atoms with Crippen molar-refractivity contribution in [3.63, 3.8) is 0 Å². The number of carbonyl (C=O) groups is 1. The summed E-state index contributed by atoms with van der Waals surface area (Å²) in [5, 5.41) is 11.9. The van der Waals surface area contributed by atoms with Crippen LogP contribution in [0.3, 0.4) is 0 Å². The standard InChI is InChI=1S/C28H29N5O3/c1-20(2)32-24-12-7-6-11-23(24)26(27(32)21-9-4-3-5-10-21)28(34)31-16-8-15-30(17-18-31)25-14-13-22(19-29-25)33(35)36/h3-7,9-14,19-20H,8,15-18H2,1-2H3. The van der Waals surface area contributed by atoms with Gasteiger partial charge in [-0.1, -0.05) is 48.5 Å². The molecule has 1 amide bonds. The van der Waals surface area contributed by atoms with Crippen molar-refractivity contribution in [2.75, 3.05) is 31.1 Å². The van der Waals surface area contributed by atoms with Gasteiger partial charge in [-0.25, -0.2) is 4.98 Å². The van der Waals surface area contributed by atoms with E-state index in [9.17, 15) is 14.9 Å². The van der Waals surface area contributed by atoms with Crippen LogP contribution in [0.25, 0.3) is 22.2 Å². The SMILES string of the molecule is CC(C)n1c(-c2ccccc2)c(C(=O)N2CCCN(c3ccc([N+](=O)[O-])cn3)CC2)c2ccccc21. The summed E-state index contributed by atoms with van der Waals surface area (Å²) >= 11 is 0. The first-order chi connectivity index (χ1) is 17.5. The van der Waals surface area contributed by atoms with Gasteiger partial charge in [0.1, 0.15) is 12.0 Å². The van der Waals surface area contributed by atoms with Crippen molar-refractivity contribution >= 4 is 28.3 Å². The summed E-state index contributed by atoms with van der Waals surface area (Å²) in [6, 6.07) is 21.6. The number of anilines is 1. The second-order valence-electron chi connectivity index (χ2n) is 9.34. The Bertz CT molecular complexity index is 1400. The number of para-hydroxylation sites is 1. The second-order valence-corrected chi connectivity index (χ2v) is 9.34. The van der Waals surface area contributed by atoms with Gasteiger partial charge in [0.05, 0.1) is 16.2 Å². The van der Waals surface area contributed by atoms with Crippen molar-refractivity contribution in [2.45, 2.75) is 26.3 Å². The van der Waals surface area contributed by atoms with Gasteiger partial charge in [0.2, 0.25) is 0 Å². The summed E-state index contributed by atoms with van der Waals surface area (Å²) in [5.74, 6) is 0.722. The van der Waals surface area contributed by atoms with E-state index in [0.717, 1.165) is 40.7 Å². The number of hydrogen-bond donors (Lipinski definition) is 0. The fourth-order valence-corrected chi connectivity index (χ4v) is 5.08. The van der Waals surface area contributed by atoms with E-state index in [1.54, 1.807) is 6.07 Å². The zero-order valence-electron chi connectivity index (χ0n) is 20.5. The number of rotatable bonds is 5. The first kappa shape index (κ1) is 23.5. The van der Waals surface area contributed by atoms with Crippen molar-refractivity contribution in [1.82, 2.24) is 14.5 Å². The van der Waals surface area contributed by atoms with E-state index in [-0.39, 0.29) is 17.6 Å². The molecule has 3 heterocycles. The molecule has 0 saturated carbocycles.